The molecule has 9 heteroatoms. The maximum atomic E-state index is 13.3. The average Bonchev–Trinajstić information content (AvgIpc) is 2.63. The van der Waals surface area contributed by atoms with Crippen LogP contribution in [0.3, 0.4) is 0 Å². The molecule has 0 spiro atoms. The Bertz CT molecular complexity index is 812. The number of carboxylic acids is 1. The van der Waals surface area contributed by atoms with Crippen molar-refractivity contribution in [1.82, 2.24) is 10.6 Å². The van der Waals surface area contributed by atoms with E-state index >= 15 is 0 Å². The van der Waals surface area contributed by atoms with Gasteiger partial charge in [0.05, 0.1) is 0 Å². The van der Waals surface area contributed by atoms with E-state index in [1.165, 1.54) is 12.1 Å². The molecule has 27 heavy (non-hydrogen) atoms. The topological polar surface area (TPSA) is 105 Å². The predicted molar refractivity (Wildman–Crippen MR) is 97.6 cm³/mol. The first-order valence-electron chi connectivity index (χ1n) is 7.79. The minimum atomic E-state index is -1.41. The second-order valence-corrected chi connectivity index (χ2v) is 6.38. The summed E-state index contributed by atoms with van der Waals surface area (Å²) in [5.41, 5.74) is 0.752. The van der Waals surface area contributed by atoms with Gasteiger partial charge in [-0.15, -0.1) is 0 Å². The van der Waals surface area contributed by atoms with Crippen LogP contribution in [0, 0.1) is 5.82 Å². The van der Waals surface area contributed by atoms with Gasteiger partial charge in [0.15, 0.2) is 0 Å². The molecule has 0 saturated carbocycles. The number of amides is 2. The van der Waals surface area contributed by atoms with E-state index in [1.54, 1.807) is 24.3 Å². The Hall–Kier alpha value is -2.94. The number of benzene rings is 2. The van der Waals surface area contributed by atoms with E-state index in [9.17, 15) is 23.9 Å². The molecule has 1 atom stereocenters. The highest BCUT2D eigenvalue weighted by Gasteiger charge is 2.22. The fourth-order valence-corrected chi connectivity index (χ4v) is 2.55. The largest absolute Gasteiger partial charge is 0.480 e. The van der Waals surface area contributed by atoms with Gasteiger partial charge in [-0.25, -0.2) is 14.0 Å². The molecule has 2 amide bonds. The molecule has 0 aromatic heterocycles. The Morgan fingerprint density at radius 3 is 2.48 bits per heavy atom. The highest BCUT2D eigenvalue weighted by molar-refractivity contribution is 9.10. The van der Waals surface area contributed by atoms with E-state index < -0.39 is 36.4 Å². The van der Waals surface area contributed by atoms with Crippen LogP contribution in [0.4, 0.5) is 9.18 Å². The third kappa shape index (κ3) is 6.70. The minimum Gasteiger partial charge on any atom is -0.480 e. The molecule has 0 aliphatic carbocycles. The van der Waals surface area contributed by atoms with Gasteiger partial charge in [0.1, 0.15) is 18.5 Å². The molecule has 2 aromatic rings. The number of alkyl carbamates (subject to hydrolysis) is 1. The predicted octanol–water partition coefficient (Wildman–Crippen LogP) is 2.70. The molecule has 3 N–H and O–H groups in total. The summed E-state index contributed by atoms with van der Waals surface area (Å²) in [6, 6.07) is 11.0. The van der Waals surface area contributed by atoms with Crippen molar-refractivity contribution in [2.75, 3.05) is 6.54 Å². The number of rotatable bonds is 7. The lowest BCUT2D eigenvalue weighted by Gasteiger charge is -2.15. The fourth-order valence-electron chi connectivity index (χ4n) is 2.09. The zero-order valence-electron chi connectivity index (χ0n) is 13.9. The van der Waals surface area contributed by atoms with Gasteiger partial charge < -0.3 is 20.5 Å². The zero-order chi connectivity index (χ0) is 19.8. The smallest absolute Gasteiger partial charge is 0.408 e. The van der Waals surface area contributed by atoms with Gasteiger partial charge in [0.25, 0.3) is 5.91 Å². The molecular weight excluding hydrogens is 423 g/mol. The van der Waals surface area contributed by atoms with Crippen LogP contribution in [-0.4, -0.2) is 35.7 Å². The quantitative estimate of drug-likeness (QED) is 0.616. The zero-order valence-corrected chi connectivity index (χ0v) is 15.5. The van der Waals surface area contributed by atoms with Crippen LogP contribution in [0.25, 0.3) is 0 Å². The van der Waals surface area contributed by atoms with Gasteiger partial charge in [0, 0.05) is 16.6 Å². The number of aliphatic carboxylic acids is 1. The number of halogens is 2. The number of nitrogens with one attached hydrogen (secondary N) is 2. The van der Waals surface area contributed by atoms with Crippen LogP contribution < -0.4 is 10.6 Å². The van der Waals surface area contributed by atoms with Gasteiger partial charge in [-0.2, -0.15) is 0 Å². The number of ether oxygens (including phenoxy) is 1. The van der Waals surface area contributed by atoms with Crippen LogP contribution in [-0.2, 0) is 16.1 Å². The van der Waals surface area contributed by atoms with Gasteiger partial charge in [-0.3, -0.25) is 4.79 Å². The molecule has 0 bridgehead atoms. The maximum absolute atomic E-state index is 13.3. The Balaban J connectivity index is 1.88. The van der Waals surface area contributed by atoms with Crippen LogP contribution in [0.1, 0.15) is 15.9 Å². The lowest BCUT2D eigenvalue weighted by molar-refractivity contribution is -0.139. The highest BCUT2D eigenvalue weighted by atomic mass is 79.9. The van der Waals surface area contributed by atoms with Crippen molar-refractivity contribution in [2.24, 2.45) is 0 Å². The minimum absolute atomic E-state index is 0.0117. The van der Waals surface area contributed by atoms with E-state index in [2.05, 4.69) is 26.6 Å². The molecule has 0 fully saturated rings. The molecule has 2 aromatic carbocycles. The Morgan fingerprint density at radius 1 is 1.15 bits per heavy atom. The van der Waals surface area contributed by atoms with Crippen molar-refractivity contribution < 1.29 is 28.6 Å². The second kappa shape index (κ2) is 9.67. The number of hydrogen-bond acceptors (Lipinski definition) is 4. The molecule has 7 nitrogen and oxygen atoms in total. The average molecular weight is 439 g/mol. The molecule has 0 aliphatic heterocycles. The lowest BCUT2D eigenvalue weighted by Crippen LogP contribution is -2.48. The maximum Gasteiger partial charge on any atom is 0.408 e. The second-order valence-electron chi connectivity index (χ2n) is 5.47. The van der Waals surface area contributed by atoms with Crippen molar-refractivity contribution in [1.29, 1.82) is 0 Å². The number of carbonyl (C=O) groups excluding carboxylic acids is 2. The molecule has 0 heterocycles. The first kappa shape index (κ1) is 20.4. The molecule has 0 radical (unpaired) electrons. The third-order valence-corrected chi connectivity index (χ3v) is 3.85. The molecule has 0 aliphatic rings. The summed E-state index contributed by atoms with van der Waals surface area (Å²) in [7, 11) is 0. The van der Waals surface area contributed by atoms with Crippen molar-refractivity contribution in [3.63, 3.8) is 0 Å². The van der Waals surface area contributed by atoms with Crippen molar-refractivity contribution >= 4 is 33.9 Å². The van der Waals surface area contributed by atoms with E-state index in [0.29, 0.717) is 4.47 Å². The van der Waals surface area contributed by atoms with Gasteiger partial charge in [-0.05, 0) is 23.8 Å². The molecule has 0 saturated heterocycles. The van der Waals surface area contributed by atoms with Crippen LogP contribution in [0.15, 0.2) is 53.0 Å². The SMILES string of the molecule is O=C(N[C@H](CNC(=O)c1cc(F)cc(Br)c1)C(=O)O)OCc1ccccc1. The van der Waals surface area contributed by atoms with Crippen LogP contribution in [0.5, 0.6) is 0 Å². The summed E-state index contributed by atoms with van der Waals surface area (Å²) in [6.07, 6.45) is -0.936. The molecule has 0 unspecified atom stereocenters. The summed E-state index contributed by atoms with van der Waals surface area (Å²) in [5.74, 6) is -2.65. The van der Waals surface area contributed by atoms with Gasteiger partial charge >= 0.3 is 12.1 Å². The fraction of sp³-hybridized carbons (Fsp3) is 0.167. The monoisotopic (exact) mass is 438 g/mol. The van der Waals surface area contributed by atoms with E-state index in [1.807, 2.05) is 6.07 Å². The molecule has 142 valence electrons. The first-order valence-corrected chi connectivity index (χ1v) is 8.59. The Labute approximate surface area is 162 Å². The van der Waals surface area contributed by atoms with Crippen LogP contribution in [0.2, 0.25) is 0 Å². The first-order chi connectivity index (χ1) is 12.8. The van der Waals surface area contributed by atoms with Gasteiger partial charge in [0.2, 0.25) is 0 Å². The number of carboxylic acid groups (broad SMARTS) is 1. The van der Waals surface area contributed by atoms with Gasteiger partial charge in [-0.1, -0.05) is 46.3 Å². The number of hydrogen-bond donors (Lipinski definition) is 3. The summed E-state index contributed by atoms with van der Waals surface area (Å²) >= 11 is 3.07. The lowest BCUT2D eigenvalue weighted by atomic mass is 10.2. The van der Waals surface area contributed by atoms with Crippen molar-refractivity contribution in [3.05, 3.63) is 69.9 Å². The summed E-state index contributed by atoms with van der Waals surface area (Å²) in [6.45, 7) is -0.425. The normalized spacial score (nSPS) is 11.3. The highest BCUT2D eigenvalue weighted by Crippen LogP contribution is 2.14. The standard InChI is InChI=1S/C18H16BrFN2O5/c19-13-6-12(7-14(20)8-13)16(23)21-9-15(17(24)25)22-18(26)27-10-11-4-2-1-3-5-11/h1-8,15H,9-10H2,(H,21,23)(H,22,26)(H,24,25)/t15-/m1/s1. The Kier molecular flexibility index (Phi) is 7.30. The van der Waals surface area contributed by atoms with Crippen LogP contribution >= 0.6 is 15.9 Å². The van der Waals surface area contributed by atoms with Crippen molar-refractivity contribution in [2.45, 2.75) is 12.6 Å². The summed E-state index contributed by atoms with van der Waals surface area (Å²) in [4.78, 5) is 35.1. The summed E-state index contributed by atoms with van der Waals surface area (Å²) < 4.78 is 18.7. The molecule has 2 rings (SSSR count). The van der Waals surface area contributed by atoms with Crippen molar-refractivity contribution in [3.8, 4) is 0 Å². The number of carbonyl (C=O) groups is 3. The molecular formula is C18H16BrFN2O5. The third-order valence-electron chi connectivity index (χ3n) is 3.39. The Morgan fingerprint density at radius 2 is 1.85 bits per heavy atom. The van der Waals surface area contributed by atoms with E-state index in [-0.39, 0.29) is 12.2 Å². The summed E-state index contributed by atoms with van der Waals surface area (Å²) in [5, 5.41) is 13.7. The van der Waals surface area contributed by atoms with E-state index in [0.717, 1.165) is 11.6 Å². The van der Waals surface area contributed by atoms with E-state index in [4.69, 9.17) is 4.74 Å².